The smallest absolute Gasteiger partial charge is 0.321 e. The Hall–Kier alpha value is -2.55. The Bertz CT molecular complexity index is 753. The van der Waals surface area contributed by atoms with Crippen molar-refractivity contribution in [3.05, 3.63) is 23.1 Å². The molecule has 4 N–H and O–H groups in total. The number of urea groups is 1. The first-order valence-corrected chi connectivity index (χ1v) is 8.28. The fourth-order valence-electron chi connectivity index (χ4n) is 2.15. The molecule has 2 rings (SSSR count). The summed E-state index contributed by atoms with van der Waals surface area (Å²) in [6, 6.07) is 0.650. The summed E-state index contributed by atoms with van der Waals surface area (Å²) in [7, 11) is 0. The predicted molar refractivity (Wildman–Crippen MR) is 92.8 cm³/mol. The molecule has 128 valence electrons. The van der Waals surface area contributed by atoms with E-state index in [2.05, 4.69) is 25.6 Å². The topological polar surface area (TPSA) is 123 Å². The van der Waals surface area contributed by atoms with Crippen molar-refractivity contribution >= 4 is 28.4 Å². The predicted octanol–water partition coefficient (Wildman–Crippen LogP) is 1.91. The van der Waals surface area contributed by atoms with Gasteiger partial charge in [0, 0.05) is 11.4 Å². The van der Waals surface area contributed by atoms with E-state index in [4.69, 9.17) is 5.73 Å². The Labute approximate surface area is 143 Å². The molecular weight excluding hydrogens is 328 g/mol. The van der Waals surface area contributed by atoms with E-state index < -0.39 is 18.0 Å². The number of nitrogens with two attached hydrogens (primary N) is 1. The highest BCUT2D eigenvalue weighted by molar-refractivity contribution is 7.19. The SMILES string of the molecule is CC[C@H](NC(=O)Nc1nc(C)c(-c2nc(C)cc(C)n2)s1)C(N)=O. The Morgan fingerprint density at radius 3 is 2.38 bits per heavy atom. The zero-order valence-corrected chi connectivity index (χ0v) is 14.8. The molecule has 0 bridgehead atoms. The van der Waals surface area contributed by atoms with Gasteiger partial charge < -0.3 is 11.1 Å². The van der Waals surface area contributed by atoms with Crippen molar-refractivity contribution in [2.75, 3.05) is 5.32 Å². The summed E-state index contributed by atoms with van der Waals surface area (Å²) in [5.74, 6) is 0.00632. The second-order valence-electron chi connectivity index (χ2n) is 5.37. The highest BCUT2D eigenvalue weighted by Gasteiger charge is 2.18. The van der Waals surface area contributed by atoms with Gasteiger partial charge in [0.2, 0.25) is 5.91 Å². The number of aromatic nitrogens is 3. The van der Waals surface area contributed by atoms with E-state index in [1.807, 2.05) is 26.8 Å². The number of primary amides is 1. The monoisotopic (exact) mass is 348 g/mol. The van der Waals surface area contributed by atoms with Crippen molar-refractivity contribution in [1.29, 1.82) is 0 Å². The summed E-state index contributed by atoms with van der Waals surface area (Å²) < 4.78 is 0. The summed E-state index contributed by atoms with van der Waals surface area (Å²) in [6.45, 7) is 7.39. The van der Waals surface area contributed by atoms with Crippen LogP contribution in [0.15, 0.2) is 6.07 Å². The number of thiazole rings is 1. The van der Waals surface area contributed by atoms with E-state index >= 15 is 0 Å². The summed E-state index contributed by atoms with van der Waals surface area (Å²) in [6.07, 6.45) is 0.418. The first-order valence-electron chi connectivity index (χ1n) is 7.47. The van der Waals surface area contributed by atoms with Crippen LogP contribution in [0.25, 0.3) is 10.7 Å². The van der Waals surface area contributed by atoms with Crippen molar-refractivity contribution in [1.82, 2.24) is 20.3 Å². The van der Waals surface area contributed by atoms with Gasteiger partial charge in [-0.25, -0.2) is 19.7 Å². The molecule has 0 aliphatic carbocycles. The van der Waals surface area contributed by atoms with Gasteiger partial charge in [-0.1, -0.05) is 18.3 Å². The number of carbonyl (C=O) groups excluding carboxylic acids is 2. The molecule has 0 aromatic carbocycles. The highest BCUT2D eigenvalue weighted by Crippen LogP contribution is 2.30. The fraction of sp³-hybridized carbons (Fsp3) is 0.400. The van der Waals surface area contributed by atoms with E-state index in [-0.39, 0.29) is 0 Å². The van der Waals surface area contributed by atoms with Crippen molar-refractivity contribution in [2.45, 2.75) is 40.2 Å². The maximum absolute atomic E-state index is 12.0. The quantitative estimate of drug-likeness (QED) is 0.761. The number of hydrogen-bond acceptors (Lipinski definition) is 6. The fourth-order valence-corrected chi connectivity index (χ4v) is 3.05. The standard InChI is InChI=1S/C15H20N6O2S/c1-5-10(12(16)22)20-14(23)21-15-19-9(4)11(24-15)13-17-7(2)6-8(3)18-13/h6,10H,5H2,1-4H3,(H2,16,22)(H2,19,20,21,23)/t10-/m0/s1. The van der Waals surface area contributed by atoms with Crippen LogP contribution >= 0.6 is 11.3 Å². The van der Waals surface area contributed by atoms with Gasteiger partial charge in [-0.05, 0) is 33.3 Å². The van der Waals surface area contributed by atoms with Gasteiger partial charge in [0.25, 0.3) is 0 Å². The molecule has 1 atom stereocenters. The van der Waals surface area contributed by atoms with Gasteiger partial charge in [0.15, 0.2) is 11.0 Å². The summed E-state index contributed by atoms with van der Waals surface area (Å²) in [4.78, 5) is 37.1. The molecule has 0 unspecified atom stereocenters. The van der Waals surface area contributed by atoms with Crippen LogP contribution in [0.4, 0.5) is 9.93 Å². The Balaban J connectivity index is 2.17. The normalized spacial score (nSPS) is 11.8. The van der Waals surface area contributed by atoms with Crippen LogP contribution in [0.1, 0.15) is 30.4 Å². The lowest BCUT2D eigenvalue weighted by Crippen LogP contribution is -2.45. The van der Waals surface area contributed by atoms with Gasteiger partial charge >= 0.3 is 6.03 Å². The van der Waals surface area contributed by atoms with Gasteiger partial charge in [-0.2, -0.15) is 0 Å². The molecule has 8 nitrogen and oxygen atoms in total. The molecule has 0 aliphatic rings. The third-order valence-electron chi connectivity index (χ3n) is 3.26. The van der Waals surface area contributed by atoms with E-state index in [1.165, 1.54) is 11.3 Å². The minimum atomic E-state index is -0.715. The first-order chi connectivity index (χ1) is 11.3. The molecule has 0 saturated carbocycles. The van der Waals surface area contributed by atoms with Crippen LogP contribution in [0.3, 0.4) is 0 Å². The minimum Gasteiger partial charge on any atom is -0.368 e. The zero-order chi connectivity index (χ0) is 17.9. The maximum Gasteiger partial charge on any atom is 0.321 e. The average Bonchev–Trinajstić information content (AvgIpc) is 2.84. The Morgan fingerprint density at radius 2 is 1.83 bits per heavy atom. The number of nitrogens with one attached hydrogen (secondary N) is 2. The number of hydrogen-bond donors (Lipinski definition) is 3. The van der Waals surface area contributed by atoms with Gasteiger partial charge in [0.05, 0.1) is 10.6 Å². The molecule has 0 saturated heterocycles. The zero-order valence-electron chi connectivity index (χ0n) is 14.0. The highest BCUT2D eigenvalue weighted by atomic mass is 32.1. The number of carbonyl (C=O) groups is 2. The summed E-state index contributed by atoms with van der Waals surface area (Å²) in [5, 5.41) is 5.53. The number of nitrogens with zero attached hydrogens (tertiary/aromatic N) is 3. The Morgan fingerprint density at radius 1 is 1.21 bits per heavy atom. The summed E-state index contributed by atoms with van der Waals surface area (Å²) in [5.41, 5.74) is 7.67. The molecular formula is C15H20N6O2S. The van der Waals surface area contributed by atoms with Crippen molar-refractivity contribution in [2.24, 2.45) is 5.73 Å². The van der Waals surface area contributed by atoms with Crippen LogP contribution in [0.2, 0.25) is 0 Å². The van der Waals surface area contributed by atoms with E-state index in [0.29, 0.717) is 17.4 Å². The average molecular weight is 348 g/mol. The van der Waals surface area contributed by atoms with E-state index in [0.717, 1.165) is 22.0 Å². The minimum absolute atomic E-state index is 0.405. The second kappa shape index (κ2) is 7.35. The number of rotatable bonds is 5. The lowest BCUT2D eigenvalue weighted by molar-refractivity contribution is -0.119. The lowest BCUT2D eigenvalue weighted by atomic mass is 10.2. The van der Waals surface area contributed by atoms with Gasteiger partial charge in [-0.3, -0.25) is 10.1 Å². The molecule has 9 heteroatoms. The molecule has 24 heavy (non-hydrogen) atoms. The van der Waals surface area contributed by atoms with Gasteiger partial charge in [-0.15, -0.1) is 0 Å². The lowest BCUT2D eigenvalue weighted by Gasteiger charge is -2.12. The molecule has 0 radical (unpaired) electrons. The van der Waals surface area contributed by atoms with Crippen LogP contribution in [-0.4, -0.2) is 32.9 Å². The maximum atomic E-state index is 12.0. The summed E-state index contributed by atoms with van der Waals surface area (Å²) >= 11 is 1.28. The van der Waals surface area contributed by atoms with Crippen LogP contribution in [-0.2, 0) is 4.79 Å². The third-order valence-corrected chi connectivity index (χ3v) is 4.33. The molecule has 2 heterocycles. The van der Waals surface area contributed by atoms with E-state index in [9.17, 15) is 9.59 Å². The van der Waals surface area contributed by atoms with Crippen molar-refractivity contribution in [3.63, 3.8) is 0 Å². The Kier molecular flexibility index (Phi) is 5.45. The molecule has 0 fully saturated rings. The largest absolute Gasteiger partial charge is 0.368 e. The molecule has 0 aliphatic heterocycles. The van der Waals surface area contributed by atoms with Crippen LogP contribution in [0.5, 0.6) is 0 Å². The van der Waals surface area contributed by atoms with Crippen LogP contribution in [0, 0.1) is 20.8 Å². The number of amides is 3. The second-order valence-corrected chi connectivity index (χ2v) is 6.37. The molecule has 2 aromatic heterocycles. The van der Waals surface area contributed by atoms with Crippen LogP contribution < -0.4 is 16.4 Å². The van der Waals surface area contributed by atoms with Gasteiger partial charge in [0.1, 0.15) is 6.04 Å². The molecule has 2 aromatic rings. The molecule has 3 amide bonds. The van der Waals surface area contributed by atoms with Crippen molar-refractivity contribution < 1.29 is 9.59 Å². The molecule has 0 spiro atoms. The number of aryl methyl sites for hydroxylation is 3. The third kappa shape index (κ3) is 4.25. The van der Waals surface area contributed by atoms with E-state index in [1.54, 1.807) is 6.92 Å². The first kappa shape index (κ1) is 17.8. The number of anilines is 1. The van der Waals surface area contributed by atoms with Crippen molar-refractivity contribution in [3.8, 4) is 10.7 Å².